The quantitative estimate of drug-likeness (QED) is 0.848. The number of ether oxygens (including phenoxy) is 1. The summed E-state index contributed by atoms with van der Waals surface area (Å²) in [4.78, 5) is 0. The summed E-state index contributed by atoms with van der Waals surface area (Å²) in [5.41, 5.74) is 9.45. The van der Waals surface area contributed by atoms with Gasteiger partial charge in [0.1, 0.15) is 5.75 Å². The predicted molar refractivity (Wildman–Crippen MR) is 70.4 cm³/mol. The van der Waals surface area contributed by atoms with Crippen LogP contribution in [0.15, 0.2) is 6.07 Å². The fourth-order valence-corrected chi connectivity index (χ4v) is 2.11. The summed E-state index contributed by atoms with van der Waals surface area (Å²) in [6.07, 6.45) is 0. The predicted octanol–water partition coefficient (Wildman–Crippen LogP) is 2.39. The van der Waals surface area contributed by atoms with E-state index in [-0.39, 0.29) is 0 Å². The van der Waals surface area contributed by atoms with Gasteiger partial charge in [0.2, 0.25) is 0 Å². The van der Waals surface area contributed by atoms with Crippen LogP contribution in [0.3, 0.4) is 0 Å². The van der Waals surface area contributed by atoms with E-state index in [1.54, 1.807) is 21.0 Å². The minimum Gasteiger partial charge on any atom is -0.496 e. The molecule has 0 spiro atoms. The van der Waals surface area contributed by atoms with Gasteiger partial charge in [-0.1, -0.05) is 0 Å². The molecule has 3 nitrogen and oxygen atoms in total. The van der Waals surface area contributed by atoms with E-state index in [2.05, 4.69) is 0 Å². The molecule has 0 aliphatic carbocycles. The van der Waals surface area contributed by atoms with Gasteiger partial charge in [-0.2, -0.15) is 0 Å². The summed E-state index contributed by atoms with van der Waals surface area (Å²) < 4.78 is 5.32. The number of nitrogens with two attached hydrogens (primary N) is 1. The third kappa shape index (κ3) is 2.61. The van der Waals surface area contributed by atoms with E-state index in [0.717, 1.165) is 28.0 Å². The molecule has 0 aliphatic heterocycles. The van der Waals surface area contributed by atoms with Gasteiger partial charge in [0.05, 0.1) is 18.8 Å². The summed E-state index contributed by atoms with van der Waals surface area (Å²) in [6, 6.07) is 1.58. The van der Waals surface area contributed by atoms with Crippen LogP contribution in [0.1, 0.15) is 42.1 Å². The van der Waals surface area contributed by atoms with E-state index in [0.29, 0.717) is 0 Å². The van der Waals surface area contributed by atoms with E-state index in [1.165, 1.54) is 0 Å². The van der Waals surface area contributed by atoms with Crippen molar-refractivity contribution in [2.75, 3.05) is 7.11 Å². The number of methoxy groups -OCH3 is 1. The highest BCUT2D eigenvalue weighted by Gasteiger charge is 2.28. The van der Waals surface area contributed by atoms with E-state index in [1.807, 2.05) is 26.8 Å². The smallest absolute Gasteiger partial charge is 0.122 e. The highest BCUT2D eigenvalue weighted by Crippen LogP contribution is 2.34. The fourth-order valence-electron chi connectivity index (χ4n) is 2.11. The minimum absolute atomic E-state index is 0.396. The van der Waals surface area contributed by atoms with Gasteiger partial charge in [-0.3, -0.25) is 0 Å². The zero-order valence-electron chi connectivity index (χ0n) is 11.6. The van der Waals surface area contributed by atoms with Gasteiger partial charge < -0.3 is 15.6 Å². The fraction of sp³-hybridized carbons (Fsp3) is 0.571. The Balaban J connectivity index is 3.41. The van der Waals surface area contributed by atoms with E-state index >= 15 is 0 Å². The molecule has 1 aromatic carbocycles. The van der Waals surface area contributed by atoms with Crippen LogP contribution in [-0.4, -0.2) is 17.8 Å². The van der Waals surface area contributed by atoms with Crippen molar-refractivity contribution >= 4 is 0 Å². The van der Waals surface area contributed by atoms with Crippen LogP contribution in [0.25, 0.3) is 0 Å². The second kappa shape index (κ2) is 4.67. The lowest BCUT2D eigenvalue weighted by molar-refractivity contribution is 0.0512. The Kier molecular flexibility index (Phi) is 3.84. The summed E-state index contributed by atoms with van der Waals surface area (Å²) in [5.74, 6) is 0.867. The first kappa shape index (κ1) is 14.0. The zero-order chi connectivity index (χ0) is 13.4. The molecule has 96 valence electrons. The van der Waals surface area contributed by atoms with Crippen LogP contribution < -0.4 is 10.5 Å². The molecule has 0 saturated carbocycles. The van der Waals surface area contributed by atoms with Crippen LogP contribution in [0.2, 0.25) is 0 Å². The molecular weight excluding hydrogens is 214 g/mol. The number of rotatable bonds is 3. The molecule has 17 heavy (non-hydrogen) atoms. The van der Waals surface area contributed by atoms with E-state index in [9.17, 15) is 5.11 Å². The Hall–Kier alpha value is -1.06. The van der Waals surface area contributed by atoms with Crippen LogP contribution in [-0.2, 0) is 0 Å². The van der Waals surface area contributed by atoms with Crippen LogP contribution >= 0.6 is 0 Å². The van der Waals surface area contributed by atoms with Gasteiger partial charge in [-0.05, 0) is 62.9 Å². The minimum atomic E-state index is -0.934. The van der Waals surface area contributed by atoms with Gasteiger partial charge in [0.15, 0.2) is 0 Å². The number of aryl methyl sites for hydroxylation is 1. The third-order valence-electron chi connectivity index (χ3n) is 3.40. The van der Waals surface area contributed by atoms with Gasteiger partial charge in [-0.25, -0.2) is 0 Å². The van der Waals surface area contributed by atoms with Crippen molar-refractivity contribution in [3.63, 3.8) is 0 Å². The van der Waals surface area contributed by atoms with Crippen molar-refractivity contribution in [2.24, 2.45) is 5.73 Å². The van der Waals surface area contributed by atoms with Crippen molar-refractivity contribution in [3.8, 4) is 5.75 Å². The molecule has 1 rings (SSSR count). The van der Waals surface area contributed by atoms with Gasteiger partial charge in [0.25, 0.3) is 0 Å². The van der Waals surface area contributed by atoms with Gasteiger partial charge in [0, 0.05) is 0 Å². The molecule has 0 heterocycles. The second-order valence-electron chi connectivity index (χ2n) is 5.19. The molecule has 0 amide bonds. The van der Waals surface area contributed by atoms with E-state index < -0.39 is 11.6 Å². The number of benzene rings is 1. The molecule has 1 atom stereocenters. The summed E-state index contributed by atoms with van der Waals surface area (Å²) >= 11 is 0. The first-order valence-corrected chi connectivity index (χ1v) is 5.82. The Labute approximate surface area is 104 Å². The second-order valence-corrected chi connectivity index (χ2v) is 5.19. The van der Waals surface area contributed by atoms with Crippen molar-refractivity contribution < 1.29 is 9.84 Å². The lowest BCUT2D eigenvalue weighted by atomic mass is 9.85. The maximum Gasteiger partial charge on any atom is 0.122 e. The number of hydrogen-bond acceptors (Lipinski definition) is 3. The van der Waals surface area contributed by atoms with Crippen molar-refractivity contribution in [2.45, 2.75) is 46.3 Å². The largest absolute Gasteiger partial charge is 0.496 e. The first-order chi connectivity index (χ1) is 7.70. The standard InChI is InChI=1S/C14H23NO2/c1-8-7-11(17-6)9(2)10(3)12(8)13(15)14(4,5)16/h7,13,16H,15H2,1-6H3. The highest BCUT2D eigenvalue weighted by atomic mass is 16.5. The maximum atomic E-state index is 10.0. The molecule has 3 heteroatoms. The molecule has 0 aliphatic rings. The SMILES string of the molecule is COc1cc(C)c(C(N)C(C)(C)O)c(C)c1C. The average Bonchev–Trinajstić information content (AvgIpc) is 2.22. The first-order valence-electron chi connectivity index (χ1n) is 5.82. The molecule has 0 bridgehead atoms. The van der Waals surface area contributed by atoms with Gasteiger partial charge >= 0.3 is 0 Å². The lowest BCUT2D eigenvalue weighted by Crippen LogP contribution is -2.36. The molecule has 0 saturated heterocycles. The Bertz CT molecular complexity index is 419. The van der Waals surface area contributed by atoms with Crippen LogP contribution in [0, 0.1) is 20.8 Å². The zero-order valence-corrected chi connectivity index (χ0v) is 11.6. The molecule has 3 N–H and O–H groups in total. The molecule has 0 aromatic heterocycles. The van der Waals surface area contributed by atoms with Gasteiger partial charge in [-0.15, -0.1) is 0 Å². The Morgan fingerprint density at radius 3 is 2.18 bits per heavy atom. The molecule has 1 aromatic rings. The summed E-state index contributed by atoms with van der Waals surface area (Å²) in [5, 5.41) is 10.0. The Morgan fingerprint density at radius 2 is 1.76 bits per heavy atom. The molecule has 0 radical (unpaired) electrons. The van der Waals surface area contributed by atoms with Crippen LogP contribution in [0.4, 0.5) is 0 Å². The molecule has 1 unspecified atom stereocenters. The maximum absolute atomic E-state index is 10.0. The van der Waals surface area contributed by atoms with Crippen molar-refractivity contribution in [1.82, 2.24) is 0 Å². The van der Waals surface area contributed by atoms with E-state index in [4.69, 9.17) is 10.5 Å². The normalized spacial score (nSPS) is 13.6. The lowest BCUT2D eigenvalue weighted by Gasteiger charge is -2.29. The summed E-state index contributed by atoms with van der Waals surface area (Å²) in [6.45, 7) is 9.49. The molecule has 0 fully saturated rings. The average molecular weight is 237 g/mol. The monoisotopic (exact) mass is 237 g/mol. The van der Waals surface area contributed by atoms with Crippen LogP contribution in [0.5, 0.6) is 5.75 Å². The third-order valence-corrected chi connectivity index (χ3v) is 3.40. The highest BCUT2D eigenvalue weighted by molar-refractivity contribution is 5.49. The number of hydrogen-bond donors (Lipinski definition) is 2. The number of aliphatic hydroxyl groups is 1. The molecular formula is C14H23NO2. The summed E-state index contributed by atoms with van der Waals surface area (Å²) in [7, 11) is 1.66. The van der Waals surface area contributed by atoms with Crippen molar-refractivity contribution in [3.05, 3.63) is 28.3 Å². The Morgan fingerprint density at radius 1 is 1.24 bits per heavy atom. The van der Waals surface area contributed by atoms with Crippen molar-refractivity contribution in [1.29, 1.82) is 0 Å². The topological polar surface area (TPSA) is 55.5 Å².